The first-order valence-electron chi connectivity index (χ1n) is 6.03. The summed E-state index contributed by atoms with van der Waals surface area (Å²) in [7, 11) is 1.90. The predicted octanol–water partition coefficient (Wildman–Crippen LogP) is 3.63. The Balaban J connectivity index is 2.18. The SMILES string of the molecule is Cn1c(-c2cc(Cl)ccc2Cl)ccc1-c1n[nH]c(=S)n1N. The monoisotopic (exact) mass is 339 g/mol. The Hall–Kier alpha value is -1.76. The van der Waals surface area contributed by atoms with Crippen molar-refractivity contribution in [3.8, 4) is 22.8 Å². The number of aromatic nitrogens is 4. The molecule has 0 aliphatic carbocycles. The summed E-state index contributed by atoms with van der Waals surface area (Å²) in [4.78, 5) is 0. The number of hydrogen-bond donors (Lipinski definition) is 2. The molecule has 0 amide bonds. The van der Waals surface area contributed by atoms with Crippen LogP contribution in [0.15, 0.2) is 30.3 Å². The van der Waals surface area contributed by atoms with Gasteiger partial charge in [-0.1, -0.05) is 23.2 Å². The van der Waals surface area contributed by atoms with Crippen molar-refractivity contribution >= 4 is 35.4 Å². The highest BCUT2D eigenvalue weighted by molar-refractivity contribution is 7.71. The van der Waals surface area contributed by atoms with Gasteiger partial charge in [0.15, 0.2) is 5.82 Å². The van der Waals surface area contributed by atoms with Crippen LogP contribution in [0.3, 0.4) is 0 Å². The standard InChI is InChI=1S/C13H11Cl2N5S/c1-19-10(8-6-7(14)2-3-9(8)15)4-5-11(19)12-17-18-13(21)20(12)16/h2-6H,16H2,1H3,(H,18,21). The zero-order valence-electron chi connectivity index (χ0n) is 11.0. The van der Waals surface area contributed by atoms with Crippen molar-refractivity contribution in [1.29, 1.82) is 0 Å². The Labute approximate surface area is 135 Å². The maximum atomic E-state index is 6.25. The van der Waals surface area contributed by atoms with E-state index in [9.17, 15) is 0 Å². The number of hydrogen-bond acceptors (Lipinski definition) is 3. The maximum absolute atomic E-state index is 6.25. The van der Waals surface area contributed by atoms with Gasteiger partial charge in [0.05, 0.1) is 5.69 Å². The van der Waals surface area contributed by atoms with Crippen LogP contribution in [0.5, 0.6) is 0 Å². The molecular weight excluding hydrogens is 329 g/mol. The third-order valence-electron chi connectivity index (χ3n) is 3.26. The van der Waals surface area contributed by atoms with Gasteiger partial charge in [-0.25, -0.2) is 9.77 Å². The van der Waals surface area contributed by atoms with Crippen molar-refractivity contribution in [1.82, 2.24) is 19.4 Å². The molecule has 1 aromatic carbocycles. The molecule has 2 heterocycles. The van der Waals surface area contributed by atoms with E-state index in [4.69, 9.17) is 41.3 Å². The lowest BCUT2D eigenvalue weighted by atomic mass is 10.1. The number of benzene rings is 1. The molecule has 0 aliphatic heterocycles. The molecule has 0 saturated heterocycles. The number of nitrogens with one attached hydrogen (secondary N) is 1. The summed E-state index contributed by atoms with van der Waals surface area (Å²) in [6, 6.07) is 9.18. The Morgan fingerprint density at radius 3 is 2.57 bits per heavy atom. The minimum Gasteiger partial charge on any atom is -0.341 e. The van der Waals surface area contributed by atoms with Crippen LogP contribution in [0.4, 0.5) is 0 Å². The fourth-order valence-electron chi connectivity index (χ4n) is 2.19. The molecule has 3 rings (SSSR count). The number of aromatic amines is 1. The van der Waals surface area contributed by atoms with E-state index in [0.717, 1.165) is 17.0 Å². The smallest absolute Gasteiger partial charge is 0.214 e. The van der Waals surface area contributed by atoms with E-state index in [0.29, 0.717) is 20.6 Å². The van der Waals surface area contributed by atoms with Crippen molar-refractivity contribution in [2.24, 2.45) is 7.05 Å². The zero-order chi connectivity index (χ0) is 15.1. The second-order valence-corrected chi connectivity index (χ2v) is 5.74. The van der Waals surface area contributed by atoms with Crippen LogP contribution in [0.1, 0.15) is 0 Å². The molecule has 0 spiro atoms. The third-order valence-corrected chi connectivity index (χ3v) is 4.11. The summed E-state index contributed by atoms with van der Waals surface area (Å²) in [5.74, 6) is 6.41. The van der Waals surface area contributed by atoms with Crippen molar-refractivity contribution in [3.05, 3.63) is 45.1 Å². The van der Waals surface area contributed by atoms with E-state index in [1.165, 1.54) is 4.68 Å². The topological polar surface area (TPSA) is 64.6 Å². The van der Waals surface area contributed by atoms with E-state index >= 15 is 0 Å². The molecule has 3 aromatic rings. The van der Waals surface area contributed by atoms with Gasteiger partial charge in [0.2, 0.25) is 4.77 Å². The minimum atomic E-state index is 0.355. The number of nitrogens with two attached hydrogens (primary N) is 1. The second kappa shape index (κ2) is 5.22. The van der Waals surface area contributed by atoms with Crippen molar-refractivity contribution in [3.63, 3.8) is 0 Å². The van der Waals surface area contributed by atoms with Crippen LogP contribution in [0.2, 0.25) is 10.0 Å². The first-order valence-corrected chi connectivity index (χ1v) is 7.19. The molecule has 0 saturated carbocycles. The molecule has 0 radical (unpaired) electrons. The normalized spacial score (nSPS) is 11.0. The Kier molecular flexibility index (Phi) is 3.52. The van der Waals surface area contributed by atoms with Gasteiger partial charge in [0, 0.05) is 28.4 Å². The second-order valence-electron chi connectivity index (χ2n) is 4.51. The number of nitrogen functional groups attached to an aromatic ring is 1. The van der Waals surface area contributed by atoms with Crippen molar-refractivity contribution in [2.45, 2.75) is 0 Å². The first kappa shape index (κ1) is 14.2. The lowest BCUT2D eigenvalue weighted by Crippen LogP contribution is -2.11. The van der Waals surface area contributed by atoms with Gasteiger partial charge in [-0.2, -0.15) is 5.10 Å². The van der Waals surface area contributed by atoms with Gasteiger partial charge >= 0.3 is 0 Å². The molecule has 0 fully saturated rings. The van der Waals surface area contributed by atoms with E-state index in [2.05, 4.69) is 10.2 Å². The Morgan fingerprint density at radius 2 is 1.90 bits per heavy atom. The van der Waals surface area contributed by atoms with Crippen LogP contribution < -0.4 is 5.84 Å². The lowest BCUT2D eigenvalue weighted by molar-refractivity contribution is 0.905. The average Bonchev–Trinajstić information content (AvgIpc) is 2.97. The first-order chi connectivity index (χ1) is 9.99. The Bertz CT molecular complexity index is 877. The van der Waals surface area contributed by atoms with Crippen LogP contribution in [0.25, 0.3) is 22.8 Å². The fourth-order valence-corrected chi connectivity index (χ4v) is 2.70. The number of rotatable bonds is 2. The quantitative estimate of drug-likeness (QED) is 0.553. The molecule has 0 unspecified atom stereocenters. The lowest BCUT2D eigenvalue weighted by Gasteiger charge is -2.09. The van der Waals surface area contributed by atoms with Crippen molar-refractivity contribution < 1.29 is 0 Å². The number of halogens is 2. The summed E-state index contributed by atoms with van der Waals surface area (Å²) >= 11 is 17.3. The summed E-state index contributed by atoms with van der Waals surface area (Å²) in [5.41, 5.74) is 2.57. The van der Waals surface area contributed by atoms with Crippen molar-refractivity contribution in [2.75, 3.05) is 5.84 Å². The highest BCUT2D eigenvalue weighted by Crippen LogP contribution is 2.33. The highest BCUT2D eigenvalue weighted by Gasteiger charge is 2.15. The van der Waals surface area contributed by atoms with Crippen LogP contribution in [-0.4, -0.2) is 19.4 Å². The van der Waals surface area contributed by atoms with Crippen LogP contribution in [0, 0.1) is 4.77 Å². The molecule has 5 nitrogen and oxygen atoms in total. The molecule has 108 valence electrons. The highest BCUT2D eigenvalue weighted by atomic mass is 35.5. The van der Waals surface area contributed by atoms with E-state index < -0.39 is 0 Å². The van der Waals surface area contributed by atoms with Gasteiger partial charge in [-0.05, 0) is 42.5 Å². The zero-order valence-corrected chi connectivity index (χ0v) is 13.3. The molecule has 0 aliphatic rings. The van der Waals surface area contributed by atoms with E-state index in [-0.39, 0.29) is 0 Å². The third kappa shape index (κ3) is 2.35. The molecule has 3 N–H and O–H groups in total. The van der Waals surface area contributed by atoms with Gasteiger partial charge in [-0.15, -0.1) is 0 Å². The molecular formula is C13H11Cl2N5S. The Morgan fingerprint density at radius 1 is 1.19 bits per heavy atom. The molecule has 2 aromatic heterocycles. The van der Waals surface area contributed by atoms with Crippen LogP contribution >= 0.6 is 35.4 Å². The fraction of sp³-hybridized carbons (Fsp3) is 0.0769. The number of H-pyrrole nitrogens is 1. The molecule has 8 heteroatoms. The maximum Gasteiger partial charge on any atom is 0.214 e. The molecule has 0 atom stereocenters. The summed E-state index contributed by atoms with van der Waals surface area (Å²) in [6.45, 7) is 0. The number of nitrogens with zero attached hydrogens (tertiary/aromatic N) is 3. The minimum absolute atomic E-state index is 0.355. The van der Waals surface area contributed by atoms with Gasteiger partial charge in [-0.3, -0.25) is 0 Å². The van der Waals surface area contributed by atoms with Gasteiger partial charge < -0.3 is 10.4 Å². The summed E-state index contributed by atoms with van der Waals surface area (Å²) in [6.07, 6.45) is 0. The van der Waals surface area contributed by atoms with Gasteiger partial charge in [0.1, 0.15) is 0 Å². The predicted molar refractivity (Wildman–Crippen MR) is 87.4 cm³/mol. The van der Waals surface area contributed by atoms with Gasteiger partial charge in [0.25, 0.3) is 0 Å². The molecule has 0 bridgehead atoms. The average molecular weight is 340 g/mol. The molecule has 21 heavy (non-hydrogen) atoms. The summed E-state index contributed by atoms with van der Waals surface area (Å²) < 4.78 is 3.62. The van der Waals surface area contributed by atoms with Crippen LogP contribution in [-0.2, 0) is 7.05 Å². The summed E-state index contributed by atoms with van der Waals surface area (Å²) in [5, 5.41) is 8.04. The van der Waals surface area contributed by atoms with E-state index in [1.807, 2.05) is 29.8 Å². The largest absolute Gasteiger partial charge is 0.341 e. The van der Waals surface area contributed by atoms with E-state index in [1.54, 1.807) is 12.1 Å².